The van der Waals surface area contributed by atoms with E-state index in [2.05, 4.69) is 13.8 Å². The van der Waals surface area contributed by atoms with E-state index in [0.717, 1.165) is 12.8 Å². The standard InChI is InChI=1S/C6H11ClO.C6H12O2/c2*1-5(2)3-4-6(7)8/h5H,3-4H2,1-2H3;5H,3-4H2,1-2H3,(H,7,8). The highest BCUT2D eigenvalue weighted by Gasteiger charge is 1.98. The first-order chi connectivity index (χ1) is 7.25. The van der Waals surface area contributed by atoms with Crippen LogP contribution in [-0.2, 0) is 9.59 Å². The fourth-order valence-electron chi connectivity index (χ4n) is 0.814. The number of carbonyl (C=O) groups is 2. The Morgan fingerprint density at radius 1 is 1.00 bits per heavy atom. The molecule has 0 aromatic heterocycles. The van der Waals surface area contributed by atoms with E-state index < -0.39 is 5.97 Å². The van der Waals surface area contributed by atoms with Gasteiger partial charge in [-0.15, -0.1) is 0 Å². The van der Waals surface area contributed by atoms with Gasteiger partial charge in [-0.25, -0.2) is 0 Å². The molecular formula is C12H23ClO3. The number of halogens is 1. The van der Waals surface area contributed by atoms with E-state index in [1.54, 1.807) is 0 Å². The lowest BCUT2D eigenvalue weighted by atomic mass is 10.1. The molecule has 0 radical (unpaired) electrons. The van der Waals surface area contributed by atoms with Crippen LogP contribution in [0.3, 0.4) is 0 Å². The lowest BCUT2D eigenvalue weighted by Gasteiger charge is -1.97. The van der Waals surface area contributed by atoms with Crippen molar-refractivity contribution in [1.82, 2.24) is 0 Å². The molecule has 0 saturated carbocycles. The summed E-state index contributed by atoms with van der Waals surface area (Å²) in [7, 11) is 0. The Bertz CT molecular complexity index is 178. The van der Waals surface area contributed by atoms with E-state index in [1.165, 1.54) is 0 Å². The average molecular weight is 251 g/mol. The molecule has 1 N–H and O–H groups in total. The smallest absolute Gasteiger partial charge is 0.303 e. The lowest BCUT2D eigenvalue weighted by molar-refractivity contribution is -0.137. The Labute approximate surface area is 103 Å². The molecule has 0 aliphatic heterocycles. The van der Waals surface area contributed by atoms with Gasteiger partial charge in [-0.05, 0) is 36.3 Å². The van der Waals surface area contributed by atoms with Crippen molar-refractivity contribution in [3.63, 3.8) is 0 Å². The first kappa shape index (κ1) is 17.8. The molecule has 3 nitrogen and oxygen atoms in total. The first-order valence-corrected chi connectivity index (χ1v) is 6.03. The third-order valence-corrected chi connectivity index (χ3v) is 2.04. The summed E-state index contributed by atoms with van der Waals surface area (Å²) in [5, 5.41) is 7.94. The quantitative estimate of drug-likeness (QED) is 0.732. The van der Waals surface area contributed by atoms with Gasteiger partial charge in [-0.2, -0.15) is 0 Å². The van der Waals surface area contributed by atoms with E-state index >= 15 is 0 Å². The van der Waals surface area contributed by atoms with Crippen LogP contribution < -0.4 is 0 Å². The van der Waals surface area contributed by atoms with E-state index in [0.29, 0.717) is 24.7 Å². The van der Waals surface area contributed by atoms with E-state index in [9.17, 15) is 9.59 Å². The Kier molecular flexibility index (Phi) is 12.2. The Morgan fingerprint density at radius 2 is 1.38 bits per heavy atom. The maximum Gasteiger partial charge on any atom is 0.303 e. The van der Waals surface area contributed by atoms with Crippen molar-refractivity contribution < 1.29 is 14.7 Å². The van der Waals surface area contributed by atoms with Crippen molar-refractivity contribution >= 4 is 22.8 Å². The van der Waals surface area contributed by atoms with Gasteiger partial charge in [0.1, 0.15) is 0 Å². The summed E-state index contributed by atoms with van der Waals surface area (Å²) in [6, 6.07) is 0. The van der Waals surface area contributed by atoms with Gasteiger partial charge in [0.05, 0.1) is 0 Å². The van der Waals surface area contributed by atoms with Crippen LogP contribution in [0.15, 0.2) is 0 Å². The fourth-order valence-corrected chi connectivity index (χ4v) is 0.923. The highest BCUT2D eigenvalue weighted by Crippen LogP contribution is 2.04. The molecule has 0 aliphatic carbocycles. The van der Waals surface area contributed by atoms with Gasteiger partial charge in [0, 0.05) is 12.8 Å². The molecule has 0 spiro atoms. The summed E-state index contributed by atoms with van der Waals surface area (Å²) in [5.41, 5.74) is 0. The number of rotatable bonds is 6. The van der Waals surface area contributed by atoms with Crippen LogP contribution in [-0.4, -0.2) is 16.3 Å². The number of hydrogen-bond acceptors (Lipinski definition) is 2. The van der Waals surface area contributed by atoms with Crippen LogP contribution in [0.2, 0.25) is 0 Å². The zero-order valence-corrected chi connectivity index (χ0v) is 11.4. The van der Waals surface area contributed by atoms with Gasteiger partial charge in [-0.1, -0.05) is 27.7 Å². The van der Waals surface area contributed by atoms with Crippen LogP contribution in [0.25, 0.3) is 0 Å². The maximum absolute atomic E-state index is 10.1. The number of hydrogen-bond donors (Lipinski definition) is 1. The van der Waals surface area contributed by atoms with Crippen molar-refractivity contribution in [1.29, 1.82) is 0 Å². The summed E-state index contributed by atoms with van der Waals surface area (Å²) < 4.78 is 0. The zero-order valence-electron chi connectivity index (χ0n) is 10.6. The van der Waals surface area contributed by atoms with E-state index in [4.69, 9.17) is 16.7 Å². The number of aliphatic carboxylic acids is 1. The van der Waals surface area contributed by atoms with Gasteiger partial charge in [0.2, 0.25) is 5.24 Å². The minimum absolute atomic E-state index is 0.223. The molecule has 4 heteroatoms. The zero-order chi connectivity index (χ0) is 13.1. The second-order valence-electron chi connectivity index (χ2n) is 4.61. The molecule has 0 atom stereocenters. The first-order valence-electron chi connectivity index (χ1n) is 5.65. The maximum atomic E-state index is 10.1. The Morgan fingerprint density at radius 3 is 1.50 bits per heavy atom. The summed E-state index contributed by atoms with van der Waals surface area (Å²) >= 11 is 5.08. The topological polar surface area (TPSA) is 54.4 Å². The number of carboxylic acid groups (broad SMARTS) is 1. The normalized spacial score (nSPS) is 9.94. The Hall–Kier alpha value is -0.570. The van der Waals surface area contributed by atoms with Crippen molar-refractivity contribution in [2.75, 3.05) is 0 Å². The molecule has 0 amide bonds. The second-order valence-corrected chi connectivity index (χ2v) is 5.04. The molecule has 0 aromatic rings. The minimum Gasteiger partial charge on any atom is -0.481 e. The summed E-state index contributed by atoms with van der Waals surface area (Å²) in [6.07, 6.45) is 2.51. The third-order valence-electron chi connectivity index (χ3n) is 1.85. The highest BCUT2D eigenvalue weighted by molar-refractivity contribution is 6.63. The minimum atomic E-state index is -0.696. The van der Waals surface area contributed by atoms with E-state index in [1.807, 2.05) is 13.8 Å². The van der Waals surface area contributed by atoms with Crippen LogP contribution >= 0.6 is 11.6 Å². The van der Waals surface area contributed by atoms with Gasteiger partial charge >= 0.3 is 5.97 Å². The molecule has 96 valence electrons. The second kappa shape index (κ2) is 10.9. The predicted molar refractivity (Wildman–Crippen MR) is 66.6 cm³/mol. The van der Waals surface area contributed by atoms with Crippen molar-refractivity contribution in [2.24, 2.45) is 11.8 Å². The molecule has 16 heavy (non-hydrogen) atoms. The summed E-state index contributed by atoms with van der Waals surface area (Å²) in [5.74, 6) is 0.391. The SMILES string of the molecule is CC(C)CCC(=O)Cl.CC(C)CCC(=O)O. The monoisotopic (exact) mass is 250 g/mol. The summed E-state index contributed by atoms with van der Waals surface area (Å²) in [4.78, 5) is 20.0. The van der Waals surface area contributed by atoms with Crippen LogP contribution in [0.5, 0.6) is 0 Å². The number of carbonyl (C=O) groups excluding carboxylic acids is 1. The molecule has 0 fully saturated rings. The average Bonchev–Trinajstić information content (AvgIpc) is 2.12. The van der Waals surface area contributed by atoms with Gasteiger partial charge in [0.15, 0.2) is 0 Å². The van der Waals surface area contributed by atoms with Gasteiger partial charge in [-0.3, -0.25) is 9.59 Å². The molecule has 0 bridgehead atoms. The largest absolute Gasteiger partial charge is 0.481 e. The van der Waals surface area contributed by atoms with Gasteiger partial charge < -0.3 is 5.11 Å². The third kappa shape index (κ3) is 23.3. The van der Waals surface area contributed by atoms with E-state index in [-0.39, 0.29) is 5.24 Å². The fraction of sp³-hybridized carbons (Fsp3) is 0.833. The summed E-state index contributed by atoms with van der Waals surface area (Å²) in [6.45, 7) is 8.17. The molecule has 0 aromatic carbocycles. The van der Waals surface area contributed by atoms with Crippen molar-refractivity contribution in [2.45, 2.75) is 53.4 Å². The molecule has 0 aliphatic rings. The number of carboxylic acids is 1. The van der Waals surface area contributed by atoms with Crippen LogP contribution in [0, 0.1) is 11.8 Å². The molecule has 0 saturated heterocycles. The van der Waals surface area contributed by atoms with Crippen molar-refractivity contribution in [3.05, 3.63) is 0 Å². The molecular weight excluding hydrogens is 228 g/mol. The van der Waals surface area contributed by atoms with Crippen LogP contribution in [0.1, 0.15) is 53.4 Å². The van der Waals surface area contributed by atoms with Crippen molar-refractivity contribution in [3.8, 4) is 0 Å². The molecule has 0 unspecified atom stereocenters. The molecule has 0 rings (SSSR count). The lowest BCUT2D eigenvalue weighted by Crippen LogP contribution is -1.97. The Balaban J connectivity index is 0. The van der Waals surface area contributed by atoms with Gasteiger partial charge in [0.25, 0.3) is 0 Å². The van der Waals surface area contributed by atoms with Crippen LogP contribution in [0.4, 0.5) is 0 Å². The highest BCUT2D eigenvalue weighted by atomic mass is 35.5. The molecule has 0 heterocycles. The predicted octanol–water partition coefficient (Wildman–Crippen LogP) is 3.70.